The van der Waals surface area contributed by atoms with Crippen molar-refractivity contribution in [2.24, 2.45) is 0 Å². The van der Waals surface area contributed by atoms with Crippen molar-refractivity contribution < 1.29 is 18.4 Å². The maximum Gasteiger partial charge on any atom is 0.280 e. The summed E-state index contributed by atoms with van der Waals surface area (Å²) in [4.78, 5) is 4.34. The Kier molecular flexibility index (Phi) is 4.28. The van der Waals surface area contributed by atoms with Gasteiger partial charge in [0.25, 0.3) is 5.89 Å². The fourth-order valence-corrected chi connectivity index (χ4v) is 3.26. The van der Waals surface area contributed by atoms with Crippen molar-refractivity contribution in [1.29, 1.82) is 0 Å². The lowest BCUT2D eigenvalue weighted by Gasteiger charge is -2.24. The Balaban J connectivity index is 1.39. The molecule has 0 N–H and O–H groups in total. The smallest absolute Gasteiger partial charge is 0.280 e. The number of hydrogen-bond donors (Lipinski definition) is 0. The molecule has 0 fully saturated rings. The molecule has 0 spiro atoms. The van der Waals surface area contributed by atoms with Crippen LogP contribution in [0.15, 0.2) is 53.1 Å². The average molecular weight is 393 g/mol. The van der Waals surface area contributed by atoms with E-state index in [0.717, 1.165) is 17.0 Å². The van der Waals surface area contributed by atoms with Crippen LogP contribution in [0.2, 0.25) is 0 Å². The maximum absolute atomic E-state index is 13.4. The van der Waals surface area contributed by atoms with Crippen molar-refractivity contribution >= 4 is 0 Å². The molecule has 1 aliphatic heterocycles. The van der Waals surface area contributed by atoms with Crippen LogP contribution < -0.4 is 4.74 Å². The van der Waals surface area contributed by atoms with Crippen LogP contribution in [0.1, 0.15) is 17.4 Å². The van der Waals surface area contributed by atoms with Crippen molar-refractivity contribution in [3.63, 3.8) is 0 Å². The zero-order chi connectivity index (χ0) is 19.8. The SMILES string of the molecule is COc1ccc([C@H]2Cn3nnc(-c4nc(-c5cccc(F)c5)no4)c3CO2)cc1. The highest BCUT2D eigenvalue weighted by atomic mass is 19.1. The van der Waals surface area contributed by atoms with E-state index in [9.17, 15) is 4.39 Å². The molecule has 5 rings (SSSR count). The molecule has 2 aromatic heterocycles. The van der Waals surface area contributed by atoms with Gasteiger partial charge in [0.2, 0.25) is 5.82 Å². The van der Waals surface area contributed by atoms with Crippen LogP contribution in [-0.2, 0) is 17.9 Å². The van der Waals surface area contributed by atoms with Gasteiger partial charge in [-0.2, -0.15) is 4.98 Å². The maximum atomic E-state index is 13.4. The van der Waals surface area contributed by atoms with Crippen molar-refractivity contribution in [2.45, 2.75) is 19.3 Å². The molecule has 9 heteroatoms. The van der Waals surface area contributed by atoms with E-state index in [1.807, 2.05) is 24.3 Å². The molecule has 0 bridgehead atoms. The second kappa shape index (κ2) is 7.10. The van der Waals surface area contributed by atoms with E-state index in [2.05, 4.69) is 20.5 Å². The van der Waals surface area contributed by atoms with Gasteiger partial charge in [-0.05, 0) is 29.8 Å². The highest BCUT2D eigenvalue weighted by Crippen LogP contribution is 2.31. The van der Waals surface area contributed by atoms with E-state index in [0.29, 0.717) is 24.4 Å². The molecule has 29 heavy (non-hydrogen) atoms. The van der Waals surface area contributed by atoms with Crippen LogP contribution in [-0.4, -0.2) is 32.2 Å². The van der Waals surface area contributed by atoms with E-state index in [1.54, 1.807) is 23.9 Å². The Hall–Kier alpha value is -3.59. The summed E-state index contributed by atoms with van der Waals surface area (Å²) >= 11 is 0. The standard InChI is InChI=1S/C20H16FN5O3/c1-27-15-7-5-12(6-8-15)17-10-26-16(11-28-17)18(23-25-26)20-22-19(24-29-20)13-3-2-4-14(21)9-13/h2-9,17H,10-11H2,1H3/t17-/m1/s1. The van der Waals surface area contributed by atoms with Gasteiger partial charge < -0.3 is 14.0 Å². The predicted molar refractivity (Wildman–Crippen MR) is 99.2 cm³/mol. The van der Waals surface area contributed by atoms with Crippen LogP contribution in [0, 0.1) is 5.82 Å². The number of aromatic nitrogens is 5. The Labute approximate surface area is 164 Å². The molecule has 0 saturated carbocycles. The van der Waals surface area contributed by atoms with E-state index in [4.69, 9.17) is 14.0 Å². The molecule has 3 heterocycles. The lowest BCUT2D eigenvalue weighted by Crippen LogP contribution is -2.22. The third-order valence-electron chi connectivity index (χ3n) is 4.80. The number of benzene rings is 2. The first-order chi connectivity index (χ1) is 14.2. The number of rotatable bonds is 4. The van der Waals surface area contributed by atoms with E-state index in [-0.39, 0.29) is 23.6 Å². The van der Waals surface area contributed by atoms with Crippen molar-refractivity contribution in [3.05, 3.63) is 65.6 Å². The fourth-order valence-electron chi connectivity index (χ4n) is 3.26. The van der Waals surface area contributed by atoms with E-state index >= 15 is 0 Å². The van der Waals surface area contributed by atoms with Gasteiger partial charge in [0.1, 0.15) is 17.7 Å². The molecule has 0 aliphatic carbocycles. The summed E-state index contributed by atoms with van der Waals surface area (Å²) in [7, 11) is 1.63. The monoisotopic (exact) mass is 393 g/mol. The van der Waals surface area contributed by atoms with Gasteiger partial charge in [0.15, 0.2) is 5.69 Å². The van der Waals surface area contributed by atoms with Gasteiger partial charge in [-0.3, -0.25) is 0 Å². The number of hydrogen-bond acceptors (Lipinski definition) is 7. The quantitative estimate of drug-likeness (QED) is 0.525. The van der Waals surface area contributed by atoms with Crippen molar-refractivity contribution in [3.8, 4) is 28.7 Å². The van der Waals surface area contributed by atoms with Crippen molar-refractivity contribution in [1.82, 2.24) is 25.1 Å². The summed E-state index contributed by atoms with van der Waals surface area (Å²) in [6, 6.07) is 13.7. The summed E-state index contributed by atoms with van der Waals surface area (Å²) in [6.45, 7) is 0.816. The Morgan fingerprint density at radius 2 is 2.03 bits per heavy atom. The van der Waals surface area contributed by atoms with E-state index in [1.165, 1.54) is 12.1 Å². The van der Waals surface area contributed by atoms with Crippen LogP contribution in [0.3, 0.4) is 0 Å². The fraction of sp³-hybridized carbons (Fsp3) is 0.200. The van der Waals surface area contributed by atoms with Crippen LogP contribution >= 0.6 is 0 Å². The number of fused-ring (bicyclic) bond motifs is 1. The summed E-state index contributed by atoms with van der Waals surface area (Å²) in [5, 5.41) is 12.3. The summed E-state index contributed by atoms with van der Waals surface area (Å²) in [6.07, 6.45) is -0.145. The molecule has 0 saturated heterocycles. The molecule has 2 aromatic carbocycles. The Bertz CT molecular complexity index is 1160. The molecule has 146 valence electrons. The van der Waals surface area contributed by atoms with Gasteiger partial charge in [-0.15, -0.1) is 5.10 Å². The lowest BCUT2D eigenvalue weighted by molar-refractivity contribution is -0.00119. The molecule has 1 aliphatic rings. The van der Waals surface area contributed by atoms with Gasteiger partial charge in [0.05, 0.1) is 26.0 Å². The van der Waals surface area contributed by atoms with E-state index < -0.39 is 0 Å². The lowest BCUT2D eigenvalue weighted by atomic mass is 10.1. The minimum absolute atomic E-state index is 0.145. The predicted octanol–water partition coefficient (Wildman–Crippen LogP) is 3.41. The molecular formula is C20H16FN5O3. The number of methoxy groups -OCH3 is 1. The third kappa shape index (κ3) is 3.25. The molecular weight excluding hydrogens is 377 g/mol. The molecule has 1 atom stereocenters. The van der Waals surface area contributed by atoms with Gasteiger partial charge in [-0.25, -0.2) is 9.07 Å². The van der Waals surface area contributed by atoms with Crippen LogP contribution in [0.5, 0.6) is 5.75 Å². The third-order valence-corrected chi connectivity index (χ3v) is 4.80. The average Bonchev–Trinajstić information content (AvgIpc) is 3.40. The number of nitrogens with zero attached hydrogens (tertiary/aromatic N) is 5. The Morgan fingerprint density at radius 3 is 2.83 bits per heavy atom. The van der Waals surface area contributed by atoms with Crippen LogP contribution in [0.25, 0.3) is 23.0 Å². The highest BCUT2D eigenvalue weighted by Gasteiger charge is 2.28. The van der Waals surface area contributed by atoms with Gasteiger partial charge in [0, 0.05) is 5.56 Å². The molecule has 4 aromatic rings. The summed E-state index contributed by atoms with van der Waals surface area (Å²) < 4.78 is 31.8. The largest absolute Gasteiger partial charge is 0.497 e. The molecule has 0 amide bonds. The van der Waals surface area contributed by atoms with Crippen LogP contribution in [0.4, 0.5) is 4.39 Å². The minimum Gasteiger partial charge on any atom is -0.497 e. The Morgan fingerprint density at radius 1 is 1.17 bits per heavy atom. The first-order valence-electron chi connectivity index (χ1n) is 8.99. The summed E-state index contributed by atoms with van der Waals surface area (Å²) in [5.74, 6) is 0.928. The molecule has 0 unspecified atom stereocenters. The van der Waals surface area contributed by atoms with Gasteiger partial charge >= 0.3 is 0 Å². The second-order valence-corrected chi connectivity index (χ2v) is 6.57. The zero-order valence-corrected chi connectivity index (χ0v) is 15.4. The normalized spacial score (nSPS) is 15.9. The molecule has 0 radical (unpaired) electrons. The minimum atomic E-state index is -0.368. The topological polar surface area (TPSA) is 88.1 Å². The number of ether oxygens (including phenoxy) is 2. The summed E-state index contributed by atoms with van der Waals surface area (Å²) in [5.41, 5.74) is 2.77. The first-order valence-corrected chi connectivity index (χ1v) is 8.99. The molecule has 8 nitrogen and oxygen atoms in total. The van der Waals surface area contributed by atoms with Gasteiger partial charge in [-0.1, -0.05) is 34.6 Å². The number of halogens is 1. The van der Waals surface area contributed by atoms with Crippen molar-refractivity contribution in [2.75, 3.05) is 7.11 Å². The first kappa shape index (κ1) is 17.5. The zero-order valence-electron chi connectivity index (χ0n) is 15.4. The highest BCUT2D eigenvalue weighted by molar-refractivity contribution is 5.58. The second-order valence-electron chi connectivity index (χ2n) is 6.57.